The van der Waals surface area contributed by atoms with Crippen LogP contribution in [0.4, 0.5) is 0 Å². The molecule has 0 spiro atoms. The van der Waals surface area contributed by atoms with Crippen molar-refractivity contribution in [1.29, 1.82) is 0 Å². The lowest BCUT2D eigenvalue weighted by Gasteiger charge is -2.71. The van der Waals surface area contributed by atoms with Crippen molar-refractivity contribution in [3.05, 3.63) is 11.6 Å². The van der Waals surface area contributed by atoms with Gasteiger partial charge in [0.1, 0.15) is 61.0 Å². The van der Waals surface area contributed by atoms with Gasteiger partial charge in [0.05, 0.1) is 30.3 Å². The van der Waals surface area contributed by atoms with Gasteiger partial charge in [-0.3, -0.25) is 4.79 Å². The number of nitrogens with zero attached hydrogens (tertiary/aromatic N) is 1. The average Bonchev–Trinajstić information content (AvgIpc) is 3.26. The Kier molecular flexibility index (Phi) is 14.0. The van der Waals surface area contributed by atoms with Crippen LogP contribution in [0, 0.1) is 56.7 Å². The van der Waals surface area contributed by atoms with Gasteiger partial charge in [-0.15, -0.1) is 0 Å². The zero-order chi connectivity index (χ0) is 48.4. The molecule has 8 rings (SSSR count). The first kappa shape index (κ1) is 51.0. The van der Waals surface area contributed by atoms with Gasteiger partial charge in [0, 0.05) is 14.1 Å². The van der Waals surface area contributed by atoms with Crippen molar-refractivity contribution in [2.75, 3.05) is 20.7 Å². The molecule has 66 heavy (non-hydrogen) atoms. The van der Waals surface area contributed by atoms with Crippen LogP contribution in [0.5, 0.6) is 0 Å². The standard InChI is InChI=1S/C50H83NO15/c1-23-14-19-50(45(60)51(10)11)21-20-48(8)27(32(50)24(23)2)12-13-30-47(7)17-16-31(46(5,6)29(47)15-18-49(30,48)9)64-44-41(66-43-38(58)36(56)34(54)26(4)62-43)39(59)40(28(22-52)63-44)65-42-37(57)35(55)33(53)25(3)61-42/h12,23-26,28-44,52-59H,13-22H2,1-11H3/t23-,24+,25+,26+,28-,29+,30-,31+,32+,33+,34+,35-,36-,37-,38-,39+,40-,41-,42+,43+,44+,47+,48-,49-,50+/m1/s1. The van der Waals surface area contributed by atoms with Crippen molar-refractivity contribution in [3.63, 3.8) is 0 Å². The summed E-state index contributed by atoms with van der Waals surface area (Å²) in [6.45, 7) is 19.1. The molecule has 8 aliphatic rings. The molecule has 16 nitrogen and oxygen atoms in total. The number of ether oxygens (including phenoxy) is 6. The maximum Gasteiger partial charge on any atom is 0.228 e. The van der Waals surface area contributed by atoms with Crippen LogP contribution < -0.4 is 0 Å². The maximum atomic E-state index is 14.3. The highest BCUT2D eigenvalue weighted by molar-refractivity contribution is 5.84. The number of aliphatic hydroxyl groups is 8. The van der Waals surface area contributed by atoms with E-state index in [0.717, 1.165) is 51.4 Å². The summed E-state index contributed by atoms with van der Waals surface area (Å²) >= 11 is 0. The summed E-state index contributed by atoms with van der Waals surface area (Å²) in [6, 6.07) is 0. The topological polar surface area (TPSA) is 238 Å². The van der Waals surface area contributed by atoms with Crippen LogP contribution in [0.3, 0.4) is 0 Å². The van der Waals surface area contributed by atoms with Crippen LogP contribution in [0.15, 0.2) is 11.6 Å². The fourth-order valence-electron chi connectivity index (χ4n) is 15.7. The third kappa shape index (κ3) is 7.72. The molecule has 1 amide bonds. The summed E-state index contributed by atoms with van der Waals surface area (Å²) in [5.41, 5.74) is 0.585. The lowest BCUT2D eigenvalue weighted by Crippen LogP contribution is -2.68. The summed E-state index contributed by atoms with van der Waals surface area (Å²) in [6.07, 6.45) is -11.3. The molecule has 5 aliphatic carbocycles. The fraction of sp³-hybridized carbons (Fsp3) is 0.940. The highest BCUT2D eigenvalue weighted by Gasteiger charge is 2.70. The van der Waals surface area contributed by atoms with Crippen molar-refractivity contribution in [2.45, 2.75) is 218 Å². The van der Waals surface area contributed by atoms with E-state index in [2.05, 4.69) is 54.5 Å². The summed E-state index contributed by atoms with van der Waals surface area (Å²) in [5.74, 6) is 2.04. The third-order valence-electron chi connectivity index (χ3n) is 20.1. The predicted molar refractivity (Wildman–Crippen MR) is 239 cm³/mol. The number of rotatable bonds is 8. The van der Waals surface area contributed by atoms with E-state index in [4.69, 9.17) is 28.4 Å². The quantitative estimate of drug-likeness (QED) is 0.129. The van der Waals surface area contributed by atoms with Crippen LogP contribution >= 0.6 is 0 Å². The van der Waals surface area contributed by atoms with Gasteiger partial charge in [-0.2, -0.15) is 0 Å². The second-order valence-electron chi connectivity index (χ2n) is 23.8. The minimum absolute atomic E-state index is 0.00359. The molecule has 0 aromatic carbocycles. The van der Waals surface area contributed by atoms with Gasteiger partial charge < -0.3 is 74.2 Å². The summed E-state index contributed by atoms with van der Waals surface area (Å²) in [5, 5.41) is 86.9. The second kappa shape index (κ2) is 18.0. The van der Waals surface area contributed by atoms with Gasteiger partial charge in [0.15, 0.2) is 18.9 Å². The highest BCUT2D eigenvalue weighted by Crippen LogP contribution is 2.76. The normalized spacial score (nSPS) is 54.8. The molecule has 16 heteroatoms. The van der Waals surface area contributed by atoms with E-state index < -0.39 is 110 Å². The fourth-order valence-corrected chi connectivity index (χ4v) is 15.7. The van der Waals surface area contributed by atoms with Crippen molar-refractivity contribution in [1.82, 2.24) is 4.90 Å². The van der Waals surface area contributed by atoms with Crippen LogP contribution in [-0.4, -0.2) is 171 Å². The first-order valence-electron chi connectivity index (χ1n) is 25.0. The van der Waals surface area contributed by atoms with Crippen LogP contribution in [0.2, 0.25) is 0 Å². The molecule has 3 saturated heterocycles. The lowest BCUT2D eigenvalue weighted by molar-refractivity contribution is -0.393. The Labute approximate surface area is 391 Å². The summed E-state index contributed by atoms with van der Waals surface area (Å²) in [4.78, 5) is 16.1. The molecule has 3 heterocycles. The minimum atomic E-state index is -1.73. The van der Waals surface area contributed by atoms with Gasteiger partial charge in [-0.1, -0.05) is 60.1 Å². The first-order chi connectivity index (χ1) is 30.8. The molecule has 0 radical (unpaired) electrons. The molecule has 8 N–H and O–H groups in total. The SMILES string of the molecule is C[C@H]1[C@H](C)CC[C@]2(C(=O)N(C)C)CC[C@]3(C)C(=CC[C@@H]4[C@@]5(C)CC[C@H](O[C@@H]6O[C@H](CO)[C@@H](O[C@@H]7O[C@@H](C)[C@H](O)[C@@H](O)[C@H]7O)[C@H](O)[C@H]6O[C@@H]6O[C@@H](C)[C@H](O)[C@@H](O)[C@H]6O)C(C)(C)[C@@H]5CC[C@]43C)[C@H]12. The van der Waals surface area contributed by atoms with E-state index in [1.165, 1.54) is 19.4 Å². The summed E-state index contributed by atoms with van der Waals surface area (Å²) in [7, 11) is 3.83. The number of allylic oxidation sites excluding steroid dienone is 2. The smallest absolute Gasteiger partial charge is 0.228 e. The second-order valence-corrected chi connectivity index (χ2v) is 23.8. The average molecular weight is 938 g/mol. The molecule has 378 valence electrons. The molecule has 7 fully saturated rings. The summed E-state index contributed by atoms with van der Waals surface area (Å²) < 4.78 is 37.3. The van der Waals surface area contributed by atoms with Crippen LogP contribution in [-0.2, 0) is 33.2 Å². The maximum absolute atomic E-state index is 14.3. The van der Waals surface area contributed by atoms with Crippen molar-refractivity contribution < 1.29 is 74.1 Å². The number of aliphatic hydroxyl groups excluding tert-OH is 8. The monoisotopic (exact) mass is 938 g/mol. The predicted octanol–water partition coefficient (Wildman–Crippen LogP) is 2.62. The van der Waals surface area contributed by atoms with Gasteiger partial charge in [0.2, 0.25) is 5.91 Å². The van der Waals surface area contributed by atoms with E-state index in [1.807, 2.05) is 19.0 Å². The van der Waals surface area contributed by atoms with Gasteiger partial charge in [-0.05, 0) is 123 Å². The molecular formula is C50H83NO15. The number of fused-ring (bicyclic) bond motifs is 7. The van der Waals surface area contributed by atoms with Crippen molar-refractivity contribution >= 4 is 5.91 Å². The van der Waals surface area contributed by atoms with E-state index in [1.54, 1.807) is 0 Å². The number of carbonyl (C=O) groups is 1. The van der Waals surface area contributed by atoms with Crippen LogP contribution in [0.1, 0.15) is 120 Å². The molecule has 0 bridgehead atoms. The Morgan fingerprint density at radius 3 is 1.83 bits per heavy atom. The number of hydrogen-bond acceptors (Lipinski definition) is 15. The molecule has 0 unspecified atom stereocenters. The van der Waals surface area contributed by atoms with Gasteiger partial charge in [0.25, 0.3) is 0 Å². The molecule has 25 atom stereocenters. The Morgan fingerprint density at radius 2 is 1.26 bits per heavy atom. The minimum Gasteiger partial charge on any atom is -0.394 e. The number of hydrogen-bond donors (Lipinski definition) is 8. The van der Waals surface area contributed by atoms with E-state index in [9.17, 15) is 45.6 Å². The lowest BCUT2D eigenvalue weighted by atomic mass is 9.33. The molecule has 3 aliphatic heterocycles. The first-order valence-corrected chi connectivity index (χ1v) is 25.0. The molecular weight excluding hydrogens is 855 g/mol. The third-order valence-corrected chi connectivity index (χ3v) is 20.1. The van der Waals surface area contributed by atoms with E-state index >= 15 is 0 Å². The molecule has 0 aromatic rings. The Balaban J connectivity index is 1.07. The Hall–Kier alpha value is -1.35. The Bertz CT molecular complexity index is 1800. The molecule has 0 aromatic heterocycles. The van der Waals surface area contributed by atoms with Gasteiger partial charge >= 0.3 is 0 Å². The van der Waals surface area contributed by atoms with Crippen molar-refractivity contribution in [2.24, 2.45) is 56.7 Å². The largest absolute Gasteiger partial charge is 0.394 e. The van der Waals surface area contributed by atoms with E-state index in [-0.39, 0.29) is 39.4 Å². The number of carbonyl (C=O) groups excluding carboxylic acids is 1. The Morgan fingerprint density at radius 1 is 0.667 bits per heavy atom. The van der Waals surface area contributed by atoms with Gasteiger partial charge in [-0.25, -0.2) is 0 Å². The van der Waals surface area contributed by atoms with E-state index in [0.29, 0.717) is 24.2 Å². The highest BCUT2D eigenvalue weighted by atomic mass is 16.8. The van der Waals surface area contributed by atoms with Crippen molar-refractivity contribution in [3.8, 4) is 0 Å². The zero-order valence-electron chi connectivity index (χ0n) is 41.2. The zero-order valence-corrected chi connectivity index (χ0v) is 41.2. The van der Waals surface area contributed by atoms with Crippen LogP contribution in [0.25, 0.3) is 0 Å². The molecule has 4 saturated carbocycles. The number of amides is 1.